The summed E-state index contributed by atoms with van der Waals surface area (Å²) in [6, 6.07) is 14.8. The highest BCUT2D eigenvalue weighted by Gasteiger charge is 2.17. The van der Waals surface area contributed by atoms with Gasteiger partial charge in [-0.3, -0.25) is 4.79 Å². The lowest BCUT2D eigenvalue weighted by atomic mass is 9.98. The largest absolute Gasteiger partial charge is 0.497 e. The second-order valence-electron chi connectivity index (χ2n) is 4.43. The van der Waals surface area contributed by atoms with Gasteiger partial charge in [0.25, 0.3) is 0 Å². The zero-order valence-corrected chi connectivity index (χ0v) is 12.1. The third-order valence-electron chi connectivity index (χ3n) is 3.01. The summed E-state index contributed by atoms with van der Waals surface area (Å²) in [6.45, 7) is 1.49. The average Bonchev–Trinajstić information content (AvgIpc) is 2.46. The highest BCUT2D eigenvalue weighted by molar-refractivity contribution is 6.31. The number of hydrogen-bond acceptors (Lipinski definition) is 2. The summed E-state index contributed by atoms with van der Waals surface area (Å²) >= 11 is 6.23. The van der Waals surface area contributed by atoms with Crippen molar-refractivity contribution in [3.05, 3.63) is 64.7 Å². The average molecular weight is 290 g/mol. The Bertz CT molecular complexity index is 596. The van der Waals surface area contributed by atoms with Crippen LogP contribution in [0.1, 0.15) is 24.1 Å². The molecule has 0 saturated carbocycles. The van der Waals surface area contributed by atoms with Gasteiger partial charge in [0, 0.05) is 11.9 Å². The topological polar surface area (TPSA) is 38.3 Å². The van der Waals surface area contributed by atoms with E-state index in [1.165, 1.54) is 6.92 Å². The van der Waals surface area contributed by atoms with Gasteiger partial charge in [-0.1, -0.05) is 41.9 Å². The Morgan fingerprint density at radius 3 is 2.35 bits per heavy atom. The van der Waals surface area contributed by atoms with Crippen LogP contribution in [0.4, 0.5) is 0 Å². The minimum Gasteiger partial charge on any atom is -0.497 e. The molecule has 0 fully saturated rings. The van der Waals surface area contributed by atoms with Crippen molar-refractivity contribution in [1.82, 2.24) is 5.32 Å². The smallest absolute Gasteiger partial charge is 0.217 e. The van der Waals surface area contributed by atoms with E-state index in [-0.39, 0.29) is 11.9 Å². The summed E-state index contributed by atoms with van der Waals surface area (Å²) < 4.78 is 5.15. The Morgan fingerprint density at radius 2 is 1.80 bits per heavy atom. The van der Waals surface area contributed by atoms with Crippen molar-refractivity contribution in [3.8, 4) is 5.75 Å². The Morgan fingerprint density at radius 1 is 1.15 bits per heavy atom. The van der Waals surface area contributed by atoms with Crippen LogP contribution in [-0.2, 0) is 4.79 Å². The first kappa shape index (κ1) is 14.4. The fourth-order valence-corrected chi connectivity index (χ4v) is 2.29. The van der Waals surface area contributed by atoms with Crippen LogP contribution in [0.2, 0.25) is 5.02 Å². The first-order valence-electron chi connectivity index (χ1n) is 6.27. The summed E-state index contributed by atoms with van der Waals surface area (Å²) in [5.74, 6) is 0.667. The van der Waals surface area contributed by atoms with Crippen molar-refractivity contribution in [2.45, 2.75) is 13.0 Å². The number of hydrogen-bond donors (Lipinski definition) is 1. The Hall–Kier alpha value is -2.00. The molecular formula is C16H16ClNO2. The fourth-order valence-electron chi connectivity index (χ4n) is 2.05. The van der Waals surface area contributed by atoms with Gasteiger partial charge in [0.05, 0.1) is 13.2 Å². The molecule has 3 nitrogen and oxygen atoms in total. The molecule has 0 bridgehead atoms. The van der Waals surface area contributed by atoms with E-state index in [4.69, 9.17) is 16.3 Å². The van der Waals surface area contributed by atoms with E-state index in [1.807, 2.05) is 48.5 Å². The lowest BCUT2D eigenvalue weighted by molar-refractivity contribution is -0.119. The van der Waals surface area contributed by atoms with E-state index < -0.39 is 0 Å². The van der Waals surface area contributed by atoms with Gasteiger partial charge in [0.2, 0.25) is 5.91 Å². The number of methoxy groups -OCH3 is 1. The molecule has 20 heavy (non-hydrogen) atoms. The van der Waals surface area contributed by atoms with E-state index in [9.17, 15) is 4.79 Å². The predicted octanol–water partition coefficient (Wildman–Crippen LogP) is 3.57. The maximum Gasteiger partial charge on any atom is 0.217 e. The zero-order valence-electron chi connectivity index (χ0n) is 11.4. The summed E-state index contributed by atoms with van der Waals surface area (Å²) in [6.07, 6.45) is 0. The van der Waals surface area contributed by atoms with E-state index in [0.29, 0.717) is 5.02 Å². The Balaban J connectivity index is 2.41. The third-order valence-corrected chi connectivity index (χ3v) is 3.36. The normalized spacial score (nSPS) is 11.8. The Labute approximate surface area is 123 Å². The second kappa shape index (κ2) is 6.44. The number of benzene rings is 2. The van der Waals surface area contributed by atoms with Gasteiger partial charge < -0.3 is 10.1 Å². The number of nitrogens with one attached hydrogen (secondary N) is 1. The molecule has 104 valence electrons. The number of ether oxygens (including phenoxy) is 1. The molecule has 0 saturated heterocycles. The molecule has 1 atom stereocenters. The van der Waals surface area contributed by atoms with Crippen molar-refractivity contribution in [2.75, 3.05) is 7.11 Å². The van der Waals surface area contributed by atoms with Crippen LogP contribution >= 0.6 is 11.6 Å². The monoisotopic (exact) mass is 289 g/mol. The summed E-state index contributed by atoms with van der Waals surface area (Å²) in [7, 11) is 1.62. The number of amides is 1. The fraction of sp³-hybridized carbons (Fsp3) is 0.188. The van der Waals surface area contributed by atoms with Gasteiger partial charge in [0.1, 0.15) is 5.75 Å². The van der Waals surface area contributed by atoms with Gasteiger partial charge in [-0.2, -0.15) is 0 Å². The molecule has 1 unspecified atom stereocenters. The van der Waals surface area contributed by atoms with E-state index >= 15 is 0 Å². The van der Waals surface area contributed by atoms with Crippen LogP contribution in [0.15, 0.2) is 48.5 Å². The molecule has 2 aromatic rings. The third kappa shape index (κ3) is 3.31. The molecule has 1 N–H and O–H groups in total. The van der Waals surface area contributed by atoms with Crippen LogP contribution < -0.4 is 10.1 Å². The highest BCUT2D eigenvalue weighted by atomic mass is 35.5. The molecule has 1 amide bonds. The van der Waals surface area contributed by atoms with Gasteiger partial charge in [0.15, 0.2) is 0 Å². The van der Waals surface area contributed by atoms with Crippen molar-refractivity contribution in [3.63, 3.8) is 0 Å². The van der Waals surface area contributed by atoms with Crippen LogP contribution in [0.25, 0.3) is 0 Å². The van der Waals surface area contributed by atoms with Crippen LogP contribution in [-0.4, -0.2) is 13.0 Å². The number of carbonyl (C=O) groups is 1. The van der Waals surface area contributed by atoms with Crippen molar-refractivity contribution in [1.29, 1.82) is 0 Å². The molecule has 0 aromatic heterocycles. The van der Waals surface area contributed by atoms with Gasteiger partial charge in [-0.05, 0) is 29.3 Å². The number of carbonyl (C=O) groups excluding carboxylic acids is 1. The molecule has 0 heterocycles. The summed E-state index contributed by atoms with van der Waals surface area (Å²) in [4.78, 5) is 11.5. The maximum absolute atomic E-state index is 11.5. The van der Waals surface area contributed by atoms with Gasteiger partial charge in [-0.15, -0.1) is 0 Å². The molecule has 0 aliphatic heterocycles. The molecule has 0 radical (unpaired) electrons. The standard InChI is InChI=1S/C16H16ClNO2/c1-11(19)18-16(14-5-3-4-6-15(14)17)12-7-9-13(20-2)10-8-12/h3-10,16H,1-2H3,(H,18,19). The van der Waals surface area contributed by atoms with Crippen molar-refractivity contribution in [2.24, 2.45) is 0 Å². The van der Waals surface area contributed by atoms with E-state index in [1.54, 1.807) is 7.11 Å². The predicted molar refractivity (Wildman–Crippen MR) is 80.1 cm³/mol. The first-order chi connectivity index (χ1) is 9.61. The lowest BCUT2D eigenvalue weighted by Crippen LogP contribution is -2.27. The first-order valence-corrected chi connectivity index (χ1v) is 6.65. The van der Waals surface area contributed by atoms with E-state index in [2.05, 4.69) is 5.32 Å². The van der Waals surface area contributed by atoms with Crippen LogP contribution in [0, 0.1) is 0 Å². The number of halogens is 1. The van der Waals surface area contributed by atoms with Gasteiger partial charge in [-0.25, -0.2) is 0 Å². The zero-order chi connectivity index (χ0) is 14.5. The highest BCUT2D eigenvalue weighted by Crippen LogP contribution is 2.29. The molecule has 2 aromatic carbocycles. The molecule has 0 spiro atoms. The lowest BCUT2D eigenvalue weighted by Gasteiger charge is -2.20. The SMILES string of the molecule is COc1ccc(C(NC(C)=O)c2ccccc2Cl)cc1. The molecular weight excluding hydrogens is 274 g/mol. The minimum atomic E-state index is -0.271. The van der Waals surface area contributed by atoms with Crippen LogP contribution in [0.3, 0.4) is 0 Å². The van der Waals surface area contributed by atoms with Crippen molar-refractivity contribution < 1.29 is 9.53 Å². The minimum absolute atomic E-state index is 0.106. The quantitative estimate of drug-likeness (QED) is 0.934. The molecule has 0 aliphatic rings. The summed E-state index contributed by atoms with van der Waals surface area (Å²) in [5.41, 5.74) is 1.82. The van der Waals surface area contributed by atoms with Crippen molar-refractivity contribution >= 4 is 17.5 Å². The Kier molecular flexibility index (Phi) is 4.64. The molecule has 4 heteroatoms. The maximum atomic E-state index is 11.5. The van der Waals surface area contributed by atoms with Crippen LogP contribution in [0.5, 0.6) is 5.75 Å². The second-order valence-corrected chi connectivity index (χ2v) is 4.84. The number of rotatable bonds is 4. The summed E-state index contributed by atoms with van der Waals surface area (Å²) in [5, 5.41) is 3.55. The molecule has 0 aliphatic carbocycles. The van der Waals surface area contributed by atoms with Gasteiger partial charge >= 0.3 is 0 Å². The molecule has 2 rings (SSSR count). The van der Waals surface area contributed by atoms with E-state index in [0.717, 1.165) is 16.9 Å².